The highest BCUT2D eigenvalue weighted by Gasteiger charge is 2.32. The van der Waals surface area contributed by atoms with Crippen LogP contribution in [0.3, 0.4) is 0 Å². The Labute approximate surface area is 172 Å². The average molecular weight is 414 g/mol. The fourth-order valence-electron chi connectivity index (χ4n) is 3.88. The number of hydrogen-bond donors (Lipinski definition) is 2. The molecule has 3 aromatic rings. The van der Waals surface area contributed by atoms with Crippen molar-refractivity contribution >= 4 is 28.5 Å². The number of carbonyl (C=O) groups is 1. The number of aromatic hydroxyl groups is 1. The highest BCUT2D eigenvalue weighted by atomic mass is 35.5. The molecule has 2 N–H and O–H groups in total. The molecule has 0 saturated carbocycles. The third-order valence-electron chi connectivity index (χ3n) is 5.24. The van der Waals surface area contributed by atoms with Gasteiger partial charge in [0, 0.05) is 36.1 Å². The van der Waals surface area contributed by atoms with Crippen LogP contribution in [0.15, 0.2) is 51.7 Å². The molecule has 2 atom stereocenters. The van der Waals surface area contributed by atoms with E-state index in [1.54, 1.807) is 24.3 Å². The van der Waals surface area contributed by atoms with Gasteiger partial charge in [-0.2, -0.15) is 0 Å². The number of rotatable bonds is 4. The summed E-state index contributed by atoms with van der Waals surface area (Å²) in [5.41, 5.74) is 1.37. The SMILES string of the molecule is CC(=O)OCC1NCCC1c1ccc(O)c2c(=O)cc(-c3ccccc3Cl)oc12. The number of halogens is 1. The van der Waals surface area contributed by atoms with Gasteiger partial charge in [0.2, 0.25) is 0 Å². The van der Waals surface area contributed by atoms with E-state index >= 15 is 0 Å². The van der Waals surface area contributed by atoms with Crippen molar-refractivity contribution < 1.29 is 19.1 Å². The molecule has 4 rings (SSSR count). The summed E-state index contributed by atoms with van der Waals surface area (Å²) < 4.78 is 11.3. The molecule has 1 aliphatic rings. The zero-order valence-corrected chi connectivity index (χ0v) is 16.5. The predicted octanol–water partition coefficient (Wildman–Crippen LogP) is 3.83. The third-order valence-corrected chi connectivity index (χ3v) is 5.57. The number of carbonyl (C=O) groups excluding carboxylic acids is 1. The summed E-state index contributed by atoms with van der Waals surface area (Å²) in [5.74, 6) is -0.184. The normalized spacial score (nSPS) is 18.8. The largest absolute Gasteiger partial charge is 0.507 e. The molecule has 1 saturated heterocycles. The van der Waals surface area contributed by atoms with E-state index in [1.165, 1.54) is 19.1 Å². The van der Waals surface area contributed by atoms with Crippen LogP contribution in [0.2, 0.25) is 5.02 Å². The lowest BCUT2D eigenvalue weighted by Gasteiger charge is -2.21. The van der Waals surface area contributed by atoms with Crippen LogP contribution < -0.4 is 10.7 Å². The summed E-state index contributed by atoms with van der Waals surface area (Å²) >= 11 is 6.28. The molecule has 29 heavy (non-hydrogen) atoms. The summed E-state index contributed by atoms with van der Waals surface area (Å²) in [6, 6.07) is 11.6. The first kappa shape index (κ1) is 19.5. The van der Waals surface area contributed by atoms with Gasteiger partial charge in [-0.1, -0.05) is 29.8 Å². The van der Waals surface area contributed by atoms with Crippen LogP contribution in [0.5, 0.6) is 5.75 Å². The zero-order valence-electron chi connectivity index (χ0n) is 15.8. The zero-order chi connectivity index (χ0) is 20.5. The lowest BCUT2D eigenvalue weighted by Crippen LogP contribution is -2.32. The molecular weight excluding hydrogens is 394 g/mol. The molecule has 2 heterocycles. The Bertz CT molecular complexity index is 1140. The van der Waals surface area contributed by atoms with Crippen molar-refractivity contribution in [2.75, 3.05) is 13.2 Å². The van der Waals surface area contributed by atoms with Gasteiger partial charge >= 0.3 is 5.97 Å². The van der Waals surface area contributed by atoms with Crippen molar-refractivity contribution in [2.45, 2.75) is 25.3 Å². The minimum atomic E-state index is -0.347. The molecule has 6 nitrogen and oxygen atoms in total. The van der Waals surface area contributed by atoms with Crippen LogP contribution in [0.25, 0.3) is 22.3 Å². The second-order valence-electron chi connectivity index (χ2n) is 7.09. The lowest BCUT2D eigenvalue weighted by atomic mass is 9.90. The number of phenols is 1. The van der Waals surface area contributed by atoms with Gasteiger partial charge in [-0.05, 0) is 31.2 Å². The van der Waals surface area contributed by atoms with Gasteiger partial charge in [0.25, 0.3) is 0 Å². The van der Waals surface area contributed by atoms with E-state index < -0.39 is 0 Å². The molecule has 0 amide bonds. The fourth-order valence-corrected chi connectivity index (χ4v) is 4.10. The number of ether oxygens (including phenoxy) is 1. The summed E-state index contributed by atoms with van der Waals surface area (Å²) in [7, 11) is 0. The Balaban J connectivity index is 1.87. The summed E-state index contributed by atoms with van der Waals surface area (Å²) in [6.45, 7) is 2.33. The number of benzene rings is 2. The van der Waals surface area contributed by atoms with E-state index in [4.69, 9.17) is 20.8 Å². The van der Waals surface area contributed by atoms with Gasteiger partial charge in [0.1, 0.15) is 29.1 Å². The number of hydrogen-bond acceptors (Lipinski definition) is 6. The van der Waals surface area contributed by atoms with Crippen molar-refractivity contribution in [2.24, 2.45) is 0 Å². The summed E-state index contributed by atoms with van der Waals surface area (Å²) in [4.78, 5) is 24.0. The van der Waals surface area contributed by atoms with Crippen molar-refractivity contribution in [1.82, 2.24) is 5.32 Å². The first-order valence-electron chi connectivity index (χ1n) is 9.37. The van der Waals surface area contributed by atoms with Crippen LogP contribution in [-0.4, -0.2) is 30.3 Å². The molecule has 1 fully saturated rings. The number of esters is 1. The molecule has 2 aromatic carbocycles. The Kier molecular flexibility index (Phi) is 5.30. The number of nitrogens with one attached hydrogen (secondary N) is 1. The quantitative estimate of drug-likeness (QED) is 0.632. The molecule has 2 unspecified atom stereocenters. The maximum atomic E-state index is 12.8. The maximum absolute atomic E-state index is 12.8. The first-order valence-corrected chi connectivity index (χ1v) is 9.75. The molecule has 0 bridgehead atoms. The fraction of sp³-hybridized carbons (Fsp3) is 0.273. The molecular formula is C22H20ClNO5. The topological polar surface area (TPSA) is 88.8 Å². The summed E-state index contributed by atoms with van der Waals surface area (Å²) in [5, 5.41) is 14.2. The van der Waals surface area contributed by atoms with Crippen LogP contribution in [-0.2, 0) is 9.53 Å². The third kappa shape index (κ3) is 3.73. The van der Waals surface area contributed by atoms with E-state index in [0.29, 0.717) is 21.9 Å². The maximum Gasteiger partial charge on any atom is 0.302 e. The summed E-state index contributed by atoms with van der Waals surface area (Å²) in [6.07, 6.45) is 0.784. The van der Waals surface area contributed by atoms with Gasteiger partial charge in [-0.25, -0.2) is 0 Å². The number of phenolic OH excluding ortho intramolecular Hbond substituents is 1. The van der Waals surface area contributed by atoms with Crippen molar-refractivity contribution in [3.63, 3.8) is 0 Å². The molecule has 7 heteroatoms. The molecule has 1 aliphatic heterocycles. The van der Waals surface area contributed by atoms with Crippen LogP contribution in [0.1, 0.15) is 24.8 Å². The molecule has 0 radical (unpaired) electrons. The van der Waals surface area contributed by atoms with Crippen molar-refractivity contribution in [1.29, 1.82) is 0 Å². The molecule has 1 aromatic heterocycles. The van der Waals surface area contributed by atoms with E-state index in [2.05, 4.69) is 5.32 Å². The Morgan fingerprint density at radius 3 is 2.86 bits per heavy atom. The smallest absolute Gasteiger partial charge is 0.302 e. The first-order chi connectivity index (χ1) is 14.0. The van der Waals surface area contributed by atoms with Gasteiger partial charge in [-0.3, -0.25) is 9.59 Å². The van der Waals surface area contributed by atoms with E-state index in [9.17, 15) is 14.7 Å². The van der Waals surface area contributed by atoms with Crippen LogP contribution in [0.4, 0.5) is 0 Å². The molecule has 150 valence electrons. The van der Waals surface area contributed by atoms with E-state index in [-0.39, 0.29) is 41.1 Å². The van der Waals surface area contributed by atoms with Crippen LogP contribution in [0, 0.1) is 0 Å². The monoisotopic (exact) mass is 413 g/mol. The van der Waals surface area contributed by atoms with Gasteiger partial charge in [0.05, 0.1) is 5.02 Å². The highest BCUT2D eigenvalue weighted by molar-refractivity contribution is 6.33. The van der Waals surface area contributed by atoms with Gasteiger partial charge < -0.3 is 19.6 Å². The second-order valence-corrected chi connectivity index (χ2v) is 7.50. The Morgan fingerprint density at radius 1 is 1.31 bits per heavy atom. The van der Waals surface area contributed by atoms with Gasteiger partial charge in [0.15, 0.2) is 5.43 Å². The average Bonchev–Trinajstić information content (AvgIpc) is 3.15. The number of fused-ring (bicyclic) bond motifs is 1. The van der Waals surface area contributed by atoms with Crippen molar-refractivity contribution in [3.05, 3.63) is 63.3 Å². The van der Waals surface area contributed by atoms with E-state index in [0.717, 1.165) is 18.5 Å². The predicted molar refractivity (Wildman–Crippen MR) is 110 cm³/mol. The highest BCUT2D eigenvalue weighted by Crippen LogP contribution is 2.38. The standard InChI is InChI=1S/C22H20ClNO5/c1-12(25)28-11-17-13(8-9-24-17)14-6-7-18(26)21-19(27)10-20(29-22(14)21)15-4-2-3-5-16(15)23/h2-7,10,13,17,24,26H,8-9,11H2,1H3. The molecule has 0 spiro atoms. The minimum absolute atomic E-state index is 0.0397. The van der Waals surface area contributed by atoms with E-state index in [1.807, 2.05) is 6.07 Å². The Hall–Kier alpha value is -2.83. The lowest BCUT2D eigenvalue weighted by molar-refractivity contribution is -0.141. The van der Waals surface area contributed by atoms with Gasteiger partial charge in [-0.15, -0.1) is 0 Å². The van der Waals surface area contributed by atoms with Crippen molar-refractivity contribution in [3.8, 4) is 17.1 Å². The minimum Gasteiger partial charge on any atom is -0.507 e. The molecule has 0 aliphatic carbocycles. The second kappa shape index (κ2) is 7.89. The van der Waals surface area contributed by atoms with Crippen LogP contribution >= 0.6 is 11.6 Å². The Morgan fingerprint density at radius 2 is 2.10 bits per heavy atom.